The summed E-state index contributed by atoms with van der Waals surface area (Å²) in [7, 11) is 1.71. The van der Waals surface area contributed by atoms with E-state index in [1.54, 1.807) is 7.11 Å². The lowest BCUT2D eigenvalue weighted by molar-refractivity contribution is 0.221. The van der Waals surface area contributed by atoms with Crippen molar-refractivity contribution in [1.29, 1.82) is 0 Å². The van der Waals surface area contributed by atoms with Gasteiger partial charge in [0.15, 0.2) is 0 Å². The highest BCUT2D eigenvalue weighted by Crippen LogP contribution is 2.27. The molecule has 0 aliphatic rings. The van der Waals surface area contributed by atoms with E-state index in [-0.39, 0.29) is 6.61 Å². The standard InChI is InChI=1S/C15H24O2/c1-5-12(10-16)8-14-7-6-13(11(2)3)9-15(14)17-4/h6-7,9,11-12,16H,5,8,10H2,1-4H3. The molecule has 0 spiro atoms. The van der Waals surface area contributed by atoms with Crippen LogP contribution in [-0.4, -0.2) is 18.8 Å². The molecular formula is C15H24O2. The molecule has 96 valence electrons. The lowest BCUT2D eigenvalue weighted by Crippen LogP contribution is -2.09. The van der Waals surface area contributed by atoms with Crippen LogP contribution in [0.25, 0.3) is 0 Å². The Morgan fingerprint density at radius 1 is 1.29 bits per heavy atom. The molecule has 1 aromatic rings. The van der Waals surface area contributed by atoms with Gasteiger partial charge in [0.2, 0.25) is 0 Å². The van der Waals surface area contributed by atoms with Gasteiger partial charge < -0.3 is 9.84 Å². The molecule has 0 aliphatic carbocycles. The summed E-state index contributed by atoms with van der Waals surface area (Å²) in [6.07, 6.45) is 1.88. The van der Waals surface area contributed by atoms with Crippen molar-refractivity contribution in [3.05, 3.63) is 29.3 Å². The zero-order valence-corrected chi connectivity index (χ0v) is 11.4. The molecule has 0 heterocycles. The predicted octanol–water partition coefficient (Wildman–Crippen LogP) is 3.38. The number of hydrogen-bond acceptors (Lipinski definition) is 2. The van der Waals surface area contributed by atoms with Gasteiger partial charge in [-0.3, -0.25) is 0 Å². The summed E-state index contributed by atoms with van der Waals surface area (Å²) < 4.78 is 5.44. The van der Waals surface area contributed by atoms with Crippen LogP contribution in [0.3, 0.4) is 0 Å². The molecule has 0 saturated carbocycles. The van der Waals surface area contributed by atoms with E-state index in [0.29, 0.717) is 11.8 Å². The lowest BCUT2D eigenvalue weighted by atomic mass is 9.94. The van der Waals surface area contributed by atoms with Crippen molar-refractivity contribution in [2.75, 3.05) is 13.7 Å². The lowest BCUT2D eigenvalue weighted by Gasteiger charge is -2.16. The molecule has 0 aliphatic heterocycles. The van der Waals surface area contributed by atoms with Crippen molar-refractivity contribution < 1.29 is 9.84 Å². The third-order valence-corrected chi connectivity index (χ3v) is 3.32. The van der Waals surface area contributed by atoms with E-state index in [0.717, 1.165) is 18.6 Å². The zero-order valence-electron chi connectivity index (χ0n) is 11.4. The number of aliphatic hydroxyl groups excluding tert-OH is 1. The van der Waals surface area contributed by atoms with Crippen molar-refractivity contribution in [2.45, 2.75) is 39.5 Å². The van der Waals surface area contributed by atoms with Crippen LogP contribution in [0.5, 0.6) is 5.75 Å². The Morgan fingerprint density at radius 2 is 2.00 bits per heavy atom. The van der Waals surface area contributed by atoms with Crippen LogP contribution < -0.4 is 4.74 Å². The van der Waals surface area contributed by atoms with Gasteiger partial charge in [0, 0.05) is 6.61 Å². The fourth-order valence-electron chi connectivity index (χ4n) is 1.94. The molecule has 0 saturated heterocycles. The monoisotopic (exact) mass is 236 g/mol. The van der Waals surface area contributed by atoms with Crippen molar-refractivity contribution in [3.63, 3.8) is 0 Å². The minimum Gasteiger partial charge on any atom is -0.496 e. The maximum Gasteiger partial charge on any atom is 0.122 e. The van der Waals surface area contributed by atoms with E-state index >= 15 is 0 Å². The highest BCUT2D eigenvalue weighted by Gasteiger charge is 2.11. The average molecular weight is 236 g/mol. The van der Waals surface area contributed by atoms with E-state index in [1.165, 1.54) is 11.1 Å². The predicted molar refractivity (Wildman–Crippen MR) is 71.7 cm³/mol. The number of ether oxygens (including phenoxy) is 1. The molecule has 2 heteroatoms. The molecule has 1 atom stereocenters. The normalized spacial score (nSPS) is 12.8. The van der Waals surface area contributed by atoms with Crippen LogP contribution in [0.2, 0.25) is 0 Å². The van der Waals surface area contributed by atoms with Crippen LogP contribution >= 0.6 is 0 Å². The second kappa shape index (κ2) is 6.65. The van der Waals surface area contributed by atoms with Crippen LogP contribution in [0.1, 0.15) is 44.2 Å². The van der Waals surface area contributed by atoms with Crippen LogP contribution in [-0.2, 0) is 6.42 Å². The highest BCUT2D eigenvalue weighted by molar-refractivity contribution is 5.39. The fraction of sp³-hybridized carbons (Fsp3) is 0.600. The molecule has 2 nitrogen and oxygen atoms in total. The van der Waals surface area contributed by atoms with Gasteiger partial charge in [0.05, 0.1) is 7.11 Å². The summed E-state index contributed by atoms with van der Waals surface area (Å²) in [5, 5.41) is 9.25. The van der Waals surface area contributed by atoms with E-state index in [2.05, 4.69) is 39.0 Å². The highest BCUT2D eigenvalue weighted by atomic mass is 16.5. The SMILES string of the molecule is CCC(CO)Cc1ccc(C(C)C)cc1OC. The Bertz CT molecular complexity index is 341. The third kappa shape index (κ3) is 3.74. The Balaban J connectivity index is 2.92. The molecule has 1 unspecified atom stereocenters. The van der Waals surface area contributed by atoms with Gasteiger partial charge >= 0.3 is 0 Å². The molecular weight excluding hydrogens is 212 g/mol. The van der Waals surface area contributed by atoms with Gasteiger partial charge in [-0.2, -0.15) is 0 Å². The summed E-state index contributed by atoms with van der Waals surface area (Å²) >= 11 is 0. The minimum absolute atomic E-state index is 0.242. The van der Waals surface area contributed by atoms with Crippen LogP contribution in [0.15, 0.2) is 18.2 Å². The van der Waals surface area contributed by atoms with Gasteiger partial charge in [-0.15, -0.1) is 0 Å². The summed E-state index contributed by atoms with van der Waals surface area (Å²) in [6, 6.07) is 6.41. The van der Waals surface area contributed by atoms with Gasteiger partial charge in [0.25, 0.3) is 0 Å². The number of rotatable bonds is 6. The Morgan fingerprint density at radius 3 is 2.47 bits per heavy atom. The number of benzene rings is 1. The first kappa shape index (κ1) is 14.0. The van der Waals surface area contributed by atoms with Crippen LogP contribution in [0.4, 0.5) is 0 Å². The second-order valence-electron chi connectivity index (χ2n) is 4.89. The smallest absolute Gasteiger partial charge is 0.122 e. The number of methoxy groups -OCH3 is 1. The molecule has 1 rings (SSSR count). The summed E-state index contributed by atoms with van der Waals surface area (Å²) in [4.78, 5) is 0. The average Bonchev–Trinajstić information content (AvgIpc) is 2.35. The Kier molecular flexibility index (Phi) is 5.49. The summed E-state index contributed by atoms with van der Waals surface area (Å²) in [5.74, 6) is 1.79. The number of hydrogen-bond donors (Lipinski definition) is 1. The first-order valence-electron chi connectivity index (χ1n) is 6.40. The number of aliphatic hydroxyl groups is 1. The molecule has 0 amide bonds. The van der Waals surface area contributed by atoms with Gasteiger partial charge in [0.1, 0.15) is 5.75 Å². The Labute approximate surface area is 105 Å². The van der Waals surface area contributed by atoms with Gasteiger partial charge in [-0.25, -0.2) is 0 Å². The molecule has 0 aromatic heterocycles. The first-order valence-corrected chi connectivity index (χ1v) is 6.40. The maximum absolute atomic E-state index is 9.25. The van der Waals surface area contributed by atoms with Crippen molar-refractivity contribution in [3.8, 4) is 5.75 Å². The largest absolute Gasteiger partial charge is 0.496 e. The summed E-state index contributed by atoms with van der Waals surface area (Å²) in [6.45, 7) is 6.70. The minimum atomic E-state index is 0.242. The third-order valence-electron chi connectivity index (χ3n) is 3.32. The first-order chi connectivity index (χ1) is 8.12. The molecule has 0 radical (unpaired) electrons. The molecule has 17 heavy (non-hydrogen) atoms. The van der Waals surface area contributed by atoms with Gasteiger partial charge in [-0.05, 0) is 35.4 Å². The van der Waals surface area contributed by atoms with E-state index in [4.69, 9.17) is 4.74 Å². The zero-order chi connectivity index (χ0) is 12.8. The van der Waals surface area contributed by atoms with Gasteiger partial charge in [-0.1, -0.05) is 39.3 Å². The molecule has 1 aromatic carbocycles. The van der Waals surface area contributed by atoms with E-state index in [9.17, 15) is 5.11 Å². The quantitative estimate of drug-likeness (QED) is 0.820. The van der Waals surface area contributed by atoms with E-state index < -0.39 is 0 Å². The van der Waals surface area contributed by atoms with Crippen molar-refractivity contribution in [2.24, 2.45) is 5.92 Å². The molecule has 0 bridgehead atoms. The molecule has 1 N–H and O–H groups in total. The van der Waals surface area contributed by atoms with Crippen molar-refractivity contribution >= 4 is 0 Å². The van der Waals surface area contributed by atoms with Crippen molar-refractivity contribution in [1.82, 2.24) is 0 Å². The second-order valence-corrected chi connectivity index (χ2v) is 4.89. The molecule has 0 fully saturated rings. The maximum atomic E-state index is 9.25. The topological polar surface area (TPSA) is 29.5 Å². The Hall–Kier alpha value is -1.02. The summed E-state index contributed by atoms with van der Waals surface area (Å²) in [5.41, 5.74) is 2.49. The van der Waals surface area contributed by atoms with Crippen LogP contribution in [0, 0.1) is 5.92 Å². The fourth-order valence-corrected chi connectivity index (χ4v) is 1.94. The van der Waals surface area contributed by atoms with E-state index in [1.807, 2.05) is 0 Å².